The smallest absolute Gasteiger partial charge is 0.248 e. The zero-order chi connectivity index (χ0) is 14.9. The van der Waals surface area contributed by atoms with Crippen molar-refractivity contribution in [1.82, 2.24) is 10.5 Å². The van der Waals surface area contributed by atoms with Crippen LogP contribution in [-0.2, 0) is 4.84 Å². The molecule has 0 saturated heterocycles. The lowest BCUT2D eigenvalue weighted by molar-refractivity contribution is -0.122. The zero-order valence-corrected chi connectivity index (χ0v) is 11.9. The average molecular weight is 311 g/mol. The van der Waals surface area contributed by atoms with Gasteiger partial charge in [0.05, 0.1) is 0 Å². The Bertz CT molecular complexity index is 639. The molecular formula is C15H13ClF2N2O. The highest BCUT2D eigenvalue weighted by molar-refractivity contribution is 6.30. The molecule has 1 fully saturated rings. The largest absolute Gasteiger partial charge is 0.265 e. The molecule has 1 aromatic heterocycles. The molecule has 6 heteroatoms. The third-order valence-electron chi connectivity index (χ3n) is 3.65. The van der Waals surface area contributed by atoms with E-state index in [1.807, 2.05) is 0 Å². The summed E-state index contributed by atoms with van der Waals surface area (Å²) >= 11 is 5.85. The van der Waals surface area contributed by atoms with Gasteiger partial charge in [0.25, 0.3) is 0 Å². The normalized spacial score (nSPS) is 22.1. The summed E-state index contributed by atoms with van der Waals surface area (Å²) in [5.41, 5.74) is 3.17. The summed E-state index contributed by atoms with van der Waals surface area (Å²) in [7, 11) is 0. The molecule has 0 aromatic carbocycles. The van der Waals surface area contributed by atoms with Crippen LogP contribution >= 0.6 is 11.6 Å². The number of allylic oxidation sites excluding steroid dienone is 1. The van der Waals surface area contributed by atoms with E-state index in [2.05, 4.69) is 22.3 Å². The Labute approximate surface area is 126 Å². The van der Waals surface area contributed by atoms with Crippen molar-refractivity contribution < 1.29 is 13.6 Å². The first-order valence-corrected chi connectivity index (χ1v) is 7.03. The van der Waals surface area contributed by atoms with Gasteiger partial charge in [0, 0.05) is 24.1 Å². The molecule has 2 heterocycles. The number of alkyl halides is 2. The highest BCUT2D eigenvalue weighted by Crippen LogP contribution is 2.42. The average Bonchev–Trinajstić information content (AvgIpc) is 2.85. The van der Waals surface area contributed by atoms with Crippen molar-refractivity contribution in [3.05, 3.63) is 40.8 Å². The third-order valence-corrected chi connectivity index (χ3v) is 3.88. The van der Waals surface area contributed by atoms with E-state index >= 15 is 0 Å². The fraction of sp³-hybridized carbons (Fsp3) is 0.400. The van der Waals surface area contributed by atoms with Crippen LogP contribution in [0.25, 0.3) is 0 Å². The van der Waals surface area contributed by atoms with E-state index in [1.54, 1.807) is 24.4 Å². The standard InChI is InChI=1S/C15H13ClF2N2O/c16-11-3-8-19-12(9-11)1-2-13-10-14(21-20-13)4-6-15(17,18)7-5-14/h3,8-10,20H,4-7H2. The first-order valence-electron chi connectivity index (χ1n) is 6.65. The second kappa shape index (κ2) is 5.28. The lowest BCUT2D eigenvalue weighted by atomic mass is 9.82. The second-order valence-corrected chi connectivity index (χ2v) is 5.73. The summed E-state index contributed by atoms with van der Waals surface area (Å²) in [5, 5.41) is 0.560. The molecule has 0 atom stereocenters. The lowest BCUT2D eigenvalue weighted by Crippen LogP contribution is -2.38. The van der Waals surface area contributed by atoms with Gasteiger partial charge >= 0.3 is 0 Å². The zero-order valence-electron chi connectivity index (χ0n) is 11.1. The fourth-order valence-corrected chi connectivity index (χ4v) is 2.59. The maximum Gasteiger partial charge on any atom is 0.248 e. The monoisotopic (exact) mass is 310 g/mol. The van der Waals surface area contributed by atoms with Crippen molar-refractivity contribution in [2.75, 3.05) is 0 Å². The first kappa shape index (κ1) is 14.3. The molecule has 0 unspecified atom stereocenters. The number of pyridine rings is 1. The highest BCUT2D eigenvalue weighted by atomic mass is 35.5. The van der Waals surface area contributed by atoms with Crippen molar-refractivity contribution in [1.29, 1.82) is 0 Å². The molecule has 1 saturated carbocycles. The quantitative estimate of drug-likeness (QED) is 0.745. The minimum atomic E-state index is -2.58. The maximum absolute atomic E-state index is 13.2. The van der Waals surface area contributed by atoms with Crippen LogP contribution in [0.3, 0.4) is 0 Å². The number of aromatic nitrogens is 1. The van der Waals surface area contributed by atoms with Crippen LogP contribution in [0, 0.1) is 11.8 Å². The molecule has 1 aliphatic heterocycles. The number of nitrogens with one attached hydrogen (secondary N) is 1. The minimum absolute atomic E-state index is 0.165. The van der Waals surface area contributed by atoms with Gasteiger partial charge in [-0.25, -0.2) is 13.8 Å². The van der Waals surface area contributed by atoms with Gasteiger partial charge in [0.1, 0.15) is 17.0 Å². The molecule has 1 aliphatic carbocycles. The summed E-state index contributed by atoms with van der Waals surface area (Å²) < 4.78 is 26.4. The molecule has 1 spiro atoms. The van der Waals surface area contributed by atoms with Gasteiger partial charge in [0.15, 0.2) is 0 Å². The molecule has 0 amide bonds. The first-order chi connectivity index (χ1) is 9.96. The summed E-state index contributed by atoms with van der Waals surface area (Å²) in [6, 6.07) is 3.32. The summed E-state index contributed by atoms with van der Waals surface area (Å²) in [6.07, 6.45) is 3.61. The Kier molecular flexibility index (Phi) is 3.60. The van der Waals surface area contributed by atoms with Gasteiger partial charge in [-0.3, -0.25) is 10.3 Å². The van der Waals surface area contributed by atoms with E-state index in [-0.39, 0.29) is 25.7 Å². The van der Waals surface area contributed by atoms with Gasteiger partial charge in [-0.2, -0.15) is 0 Å². The van der Waals surface area contributed by atoms with Crippen LogP contribution in [0.15, 0.2) is 30.1 Å². The minimum Gasteiger partial charge on any atom is -0.265 e. The summed E-state index contributed by atoms with van der Waals surface area (Å²) in [5.74, 6) is 3.16. The predicted octanol–water partition coefficient (Wildman–Crippen LogP) is 3.45. The highest BCUT2D eigenvalue weighted by Gasteiger charge is 2.45. The number of hydrogen-bond donors (Lipinski definition) is 1. The van der Waals surface area contributed by atoms with E-state index in [0.29, 0.717) is 16.4 Å². The Morgan fingerprint density at radius 1 is 1.24 bits per heavy atom. The summed E-state index contributed by atoms with van der Waals surface area (Å²) in [6.45, 7) is 0. The van der Waals surface area contributed by atoms with Crippen LogP contribution in [0.5, 0.6) is 0 Å². The van der Waals surface area contributed by atoms with Gasteiger partial charge < -0.3 is 0 Å². The Morgan fingerprint density at radius 2 is 2.00 bits per heavy atom. The van der Waals surface area contributed by atoms with Crippen LogP contribution in [-0.4, -0.2) is 16.5 Å². The fourth-order valence-electron chi connectivity index (χ4n) is 2.43. The van der Waals surface area contributed by atoms with Crippen molar-refractivity contribution >= 4 is 11.6 Å². The SMILES string of the molecule is FC1(F)CCC2(C=C(C#Cc3cc(Cl)ccn3)NO2)CC1. The van der Waals surface area contributed by atoms with Crippen LogP contribution < -0.4 is 5.48 Å². The Balaban J connectivity index is 1.73. The number of hydrogen-bond acceptors (Lipinski definition) is 3. The van der Waals surface area contributed by atoms with Gasteiger partial charge in [-0.1, -0.05) is 11.6 Å². The van der Waals surface area contributed by atoms with Crippen molar-refractivity contribution in [2.45, 2.75) is 37.2 Å². The molecule has 2 aliphatic rings. The molecule has 0 radical (unpaired) electrons. The van der Waals surface area contributed by atoms with Crippen molar-refractivity contribution in [3.63, 3.8) is 0 Å². The van der Waals surface area contributed by atoms with E-state index in [4.69, 9.17) is 16.4 Å². The van der Waals surface area contributed by atoms with Crippen molar-refractivity contribution in [2.24, 2.45) is 0 Å². The molecule has 110 valence electrons. The summed E-state index contributed by atoms with van der Waals surface area (Å²) in [4.78, 5) is 9.55. The molecule has 3 nitrogen and oxygen atoms in total. The lowest BCUT2D eigenvalue weighted by Gasteiger charge is -2.33. The number of halogens is 3. The van der Waals surface area contributed by atoms with Crippen LogP contribution in [0.2, 0.25) is 5.02 Å². The van der Waals surface area contributed by atoms with E-state index < -0.39 is 11.5 Å². The number of rotatable bonds is 0. The number of hydroxylamine groups is 1. The third kappa shape index (κ3) is 3.34. The van der Waals surface area contributed by atoms with Crippen molar-refractivity contribution in [3.8, 4) is 11.8 Å². The van der Waals surface area contributed by atoms with Crippen LogP contribution in [0.4, 0.5) is 8.78 Å². The van der Waals surface area contributed by atoms with Gasteiger partial charge in [-0.15, -0.1) is 0 Å². The Hall–Kier alpha value is -1.64. The molecule has 21 heavy (non-hydrogen) atoms. The molecular weight excluding hydrogens is 298 g/mol. The molecule has 1 aromatic rings. The topological polar surface area (TPSA) is 34.2 Å². The predicted molar refractivity (Wildman–Crippen MR) is 74.6 cm³/mol. The van der Waals surface area contributed by atoms with Gasteiger partial charge in [0.2, 0.25) is 5.92 Å². The maximum atomic E-state index is 13.2. The van der Waals surface area contributed by atoms with E-state index in [9.17, 15) is 8.78 Å². The number of nitrogens with zero attached hydrogens (tertiary/aromatic N) is 1. The molecule has 0 bridgehead atoms. The van der Waals surface area contributed by atoms with E-state index in [1.165, 1.54) is 0 Å². The Morgan fingerprint density at radius 3 is 2.71 bits per heavy atom. The van der Waals surface area contributed by atoms with E-state index in [0.717, 1.165) is 0 Å². The molecule has 1 N–H and O–H groups in total. The van der Waals surface area contributed by atoms with Gasteiger partial charge in [-0.05, 0) is 42.9 Å². The van der Waals surface area contributed by atoms with Crippen LogP contribution in [0.1, 0.15) is 31.4 Å². The molecule has 3 rings (SSSR count). The second-order valence-electron chi connectivity index (χ2n) is 5.29.